The smallest absolute Gasteiger partial charge is 0.318 e. The predicted molar refractivity (Wildman–Crippen MR) is 85.2 cm³/mol. The Bertz CT molecular complexity index is 637. The highest BCUT2D eigenvalue weighted by molar-refractivity contribution is 5.75. The molecule has 1 aliphatic rings. The lowest BCUT2D eigenvalue weighted by Gasteiger charge is -2.25. The summed E-state index contributed by atoms with van der Waals surface area (Å²) in [6, 6.07) is 6.55. The van der Waals surface area contributed by atoms with E-state index in [0.717, 1.165) is 18.4 Å². The van der Waals surface area contributed by atoms with E-state index in [-0.39, 0.29) is 17.9 Å². The first-order chi connectivity index (χ1) is 11.1. The van der Waals surface area contributed by atoms with E-state index < -0.39 is 0 Å². The maximum atomic E-state index is 13.0. The summed E-state index contributed by atoms with van der Waals surface area (Å²) in [7, 11) is 0. The Balaban J connectivity index is 1.59. The van der Waals surface area contributed by atoms with Crippen LogP contribution in [0.5, 0.6) is 0 Å². The summed E-state index contributed by atoms with van der Waals surface area (Å²) >= 11 is 0. The minimum absolute atomic E-state index is 0.00571. The summed E-state index contributed by atoms with van der Waals surface area (Å²) in [5.74, 6) is -0.259. The second kappa shape index (κ2) is 6.81. The topological polar surface area (TPSA) is 50.2 Å². The zero-order valence-corrected chi connectivity index (χ0v) is 13.2. The van der Waals surface area contributed by atoms with Crippen LogP contribution in [0, 0.1) is 5.82 Å². The molecule has 0 aliphatic heterocycles. The molecule has 0 saturated heterocycles. The number of nitrogens with one attached hydrogen (secondary N) is 1. The minimum atomic E-state index is -0.259. The number of urea groups is 1. The molecule has 1 fully saturated rings. The van der Waals surface area contributed by atoms with E-state index in [9.17, 15) is 9.18 Å². The highest BCUT2D eigenvalue weighted by Crippen LogP contribution is 2.28. The number of rotatable bonds is 6. The third-order valence-electron chi connectivity index (χ3n) is 3.93. The first kappa shape index (κ1) is 15.5. The lowest BCUT2D eigenvalue weighted by Crippen LogP contribution is -2.45. The molecule has 6 heteroatoms. The van der Waals surface area contributed by atoms with E-state index in [1.54, 1.807) is 24.7 Å². The van der Waals surface area contributed by atoms with Crippen molar-refractivity contribution in [1.29, 1.82) is 0 Å². The predicted octanol–water partition coefficient (Wildman–Crippen LogP) is 2.78. The third kappa shape index (κ3) is 4.31. The van der Waals surface area contributed by atoms with Gasteiger partial charge in [0.1, 0.15) is 5.82 Å². The van der Waals surface area contributed by atoms with Gasteiger partial charge < -0.3 is 14.8 Å². The standard InChI is InChI=1S/C17H21FN4O/c1-13(10-21-9-8-19-12-21)20-17(23)22(16-6-7-16)11-14-2-4-15(18)5-3-14/h2-5,8-9,12-13,16H,6-7,10-11H2,1H3,(H,20,23). The van der Waals surface area contributed by atoms with Crippen LogP contribution in [0.1, 0.15) is 25.3 Å². The van der Waals surface area contributed by atoms with E-state index >= 15 is 0 Å². The monoisotopic (exact) mass is 316 g/mol. The number of nitrogens with zero attached hydrogens (tertiary/aromatic N) is 3. The Morgan fingerprint density at radius 3 is 2.78 bits per heavy atom. The zero-order valence-electron chi connectivity index (χ0n) is 13.2. The molecule has 1 N–H and O–H groups in total. The summed E-state index contributed by atoms with van der Waals surface area (Å²) in [6.45, 7) is 3.16. The maximum absolute atomic E-state index is 13.0. The molecular weight excluding hydrogens is 295 g/mol. The molecule has 1 aromatic carbocycles. The molecule has 2 aromatic rings. The number of carbonyl (C=O) groups is 1. The summed E-state index contributed by atoms with van der Waals surface area (Å²) in [6.07, 6.45) is 7.40. The van der Waals surface area contributed by atoms with Gasteiger partial charge in [0.15, 0.2) is 0 Å². The summed E-state index contributed by atoms with van der Waals surface area (Å²) < 4.78 is 14.9. The van der Waals surface area contributed by atoms with E-state index in [1.807, 2.05) is 22.6 Å². The lowest BCUT2D eigenvalue weighted by atomic mass is 10.2. The number of benzene rings is 1. The number of imidazole rings is 1. The molecule has 23 heavy (non-hydrogen) atoms. The van der Waals surface area contributed by atoms with Gasteiger partial charge in [0, 0.05) is 37.6 Å². The van der Waals surface area contributed by atoms with Crippen molar-refractivity contribution in [3.05, 3.63) is 54.4 Å². The molecule has 0 spiro atoms. The van der Waals surface area contributed by atoms with E-state index in [4.69, 9.17) is 0 Å². The number of hydrogen-bond donors (Lipinski definition) is 1. The molecule has 1 heterocycles. The van der Waals surface area contributed by atoms with Crippen LogP contribution in [0.3, 0.4) is 0 Å². The average Bonchev–Trinajstić information content (AvgIpc) is 3.23. The van der Waals surface area contributed by atoms with Gasteiger partial charge in [-0.3, -0.25) is 0 Å². The molecule has 1 aromatic heterocycles. The van der Waals surface area contributed by atoms with Crippen molar-refractivity contribution < 1.29 is 9.18 Å². The molecule has 122 valence electrons. The summed E-state index contributed by atoms with van der Waals surface area (Å²) in [5.41, 5.74) is 0.940. The number of hydrogen-bond acceptors (Lipinski definition) is 2. The van der Waals surface area contributed by atoms with Gasteiger partial charge in [-0.05, 0) is 37.5 Å². The average molecular weight is 316 g/mol. The largest absolute Gasteiger partial charge is 0.335 e. The van der Waals surface area contributed by atoms with Crippen LogP contribution in [0.4, 0.5) is 9.18 Å². The van der Waals surface area contributed by atoms with Gasteiger partial charge in [-0.25, -0.2) is 14.2 Å². The molecule has 1 aliphatic carbocycles. The van der Waals surface area contributed by atoms with Crippen molar-refractivity contribution in [2.24, 2.45) is 0 Å². The first-order valence-electron chi connectivity index (χ1n) is 7.89. The zero-order chi connectivity index (χ0) is 16.2. The molecule has 0 bridgehead atoms. The van der Waals surface area contributed by atoms with Gasteiger partial charge in [0.2, 0.25) is 0 Å². The van der Waals surface area contributed by atoms with E-state index in [0.29, 0.717) is 19.1 Å². The molecule has 0 radical (unpaired) electrons. The van der Waals surface area contributed by atoms with Crippen LogP contribution in [0.15, 0.2) is 43.0 Å². The SMILES string of the molecule is CC(Cn1ccnc1)NC(=O)N(Cc1ccc(F)cc1)C1CC1. The Morgan fingerprint density at radius 2 is 2.17 bits per heavy atom. The fourth-order valence-electron chi connectivity index (χ4n) is 2.59. The van der Waals surface area contributed by atoms with Gasteiger partial charge >= 0.3 is 6.03 Å². The number of amides is 2. The first-order valence-corrected chi connectivity index (χ1v) is 7.89. The van der Waals surface area contributed by atoms with Crippen LogP contribution in [-0.2, 0) is 13.1 Å². The Hall–Kier alpha value is -2.37. The van der Waals surface area contributed by atoms with Crippen molar-refractivity contribution >= 4 is 6.03 Å². The van der Waals surface area contributed by atoms with Gasteiger partial charge in [-0.15, -0.1) is 0 Å². The van der Waals surface area contributed by atoms with E-state index in [2.05, 4.69) is 10.3 Å². The molecule has 2 amide bonds. The van der Waals surface area contributed by atoms with Crippen molar-refractivity contribution in [2.45, 2.75) is 44.9 Å². The Labute approximate surface area is 135 Å². The fourth-order valence-corrected chi connectivity index (χ4v) is 2.59. The van der Waals surface area contributed by atoms with Crippen molar-refractivity contribution in [2.75, 3.05) is 0 Å². The van der Waals surface area contributed by atoms with Crippen molar-refractivity contribution in [3.63, 3.8) is 0 Å². The molecule has 1 unspecified atom stereocenters. The number of halogens is 1. The van der Waals surface area contributed by atoms with Gasteiger partial charge in [0.05, 0.1) is 6.33 Å². The van der Waals surface area contributed by atoms with Crippen LogP contribution in [0.2, 0.25) is 0 Å². The third-order valence-corrected chi connectivity index (χ3v) is 3.93. The molecule has 3 rings (SSSR count). The Morgan fingerprint density at radius 1 is 1.43 bits per heavy atom. The minimum Gasteiger partial charge on any atom is -0.335 e. The maximum Gasteiger partial charge on any atom is 0.318 e. The molecule has 5 nitrogen and oxygen atoms in total. The second-order valence-corrected chi connectivity index (χ2v) is 6.10. The molecular formula is C17H21FN4O. The Kier molecular flexibility index (Phi) is 4.60. The second-order valence-electron chi connectivity index (χ2n) is 6.10. The highest BCUT2D eigenvalue weighted by Gasteiger charge is 2.33. The highest BCUT2D eigenvalue weighted by atomic mass is 19.1. The lowest BCUT2D eigenvalue weighted by molar-refractivity contribution is 0.187. The normalized spacial score (nSPS) is 15.2. The fraction of sp³-hybridized carbons (Fsp3) is 0.412. The van der Waals surface area contributed by atoms with Crippen LogP contribution in [0.25, 0.3) is 0 Å². The molecule has 1 saturated carbocycles. The molecule has 1 atom stereocenters. The van der Waals surface area contributed by atoms with Crippen molar-refractivity contribution in [3.8, 4) is 0 Å². The van der Waals surface area contributed by atoms with Crippen LogP contribution >= 0.6 is 0 Å². The van der Waals surface area contributed by atoms with E-state index in [1.165, 1.54) is 12.1 Å². The van der Waals surface area contributed by atoms with Crippen LogP contribution < -0.4 is 5.32 Å². The summed E-state index contributed by atoms with van der Waals surface area (Å²) in [4.78, 5) is 18.4. The number of aromatic nitrogens is 2. The van der Waals surface area contributed by atoms with Crippen molar-refractivity contribution in [1.82, 2.24) is 19.8 Å². The number of carbonyl (C=O) groups excluding carboxylic acids is 1. The quantitative estimate of drug-likeness (QED) is 0.891. The van der Waals surface area contributed by atoms with Gasteiger partial charge in [-0.1, -0.05) is 12.1 Å². The summed E-state index contributed by atoms with van der Waals surface area (Å²) in [5, 5.41) is 3.04. The van der Waals surface area contributed by atoms with Gasteiger partial charge in [0.25, 0.3) is 0 Å². The van der Waals surface area contributed by atoms with Crippen LogP contribution in [-0.4, -0.2) is 32.6 Å². The van der Waals surface area contributed by atoms with Gasteiger partial charge in [-0.2, -0.15) is 0 Å².